The standard InChI is InChI=1S/C21H24N2O2/c1-12-6-7-14(3)17(10-12)22-18-11-19(24)23(21(18)25)20-15(4)8-13(2)9-16(20)5/h6-10,18,22H,11H2,1-5H3/t18-/m1/s1. The number of benzene rings is 2. The summed E-state index contributed by atoms with van der Waals surface area (Å²) in [7, 11) is 0. The molecule has 1 saturated heterocycles. The number of nitrogens with zero attached hydrogens (tertiary/aromatic N) is 1. The average Bonchev–Trinajstić information content (AvgIpc) is 2.78. The Morgan fingerprint density at radius 1 is 0.880 bits per heavy atom. The van der Waals surface area contributed by atoms with Gasteiger partial charge in [0.2, 0.25) is 5.91 Å². The van der Waals surface area contributed by atoms with Crippen molar-refractivity contribution < 1.29 is 9.59 Å². The summed E-state index contributed by atoms with van der Waals surface area (Å²) < 4.78 is 0. The van der Waals surface area contributed by atoms with Gasteiger partial charge >= 0.3 is 0 Å². The highest BCUT2D eigenvalue weighted by molar-refractivity contribution is 6.23. The minimum Gasteiger partial charge on any atom is -0.373 e. The molecule has 3 rings (SSSR count). The van der Waals surface area contributed by atoms with Gasteiger partial charge in [0.25, 0.3) is 5.91 Å². The van der Waals surface area contributed by atoms with Crippen LogP contribution in [0.4, 0.5) is 11.4 Å². The van der Waals surface area contributed by atoms with Crippen LogP contribution >= 0.6 is 0 Å². The van der Waals surface area contributed by atoms with Gasteiger partial charge in [-0.05, 0) is 62.9 Å². The molecule has 0 bridgehead atoms. The molecule has 0 spiro atoms. The van der Waals surface area contributed by atoms with Gasteiger partial charge in [-0.15, -0.1) is 0 Å². The van der Waals surface area contributed by atoms with Crippen molar-refractivity contribution in [1.82, 2.24) is 0 Å². The van der Waals surface area contributed by atoms with Crippen molar-refractivity contribution in [3.63, 3.8) is 0 Å². The molecule has 1 aliphatic heterocycles. The van der Waals surface area contributed by atoms with Gasteiger partial charge in [0.1, 0.15) is 6.04 Å². The predicted molar refractivity (Wildman–Crippen MR) is 101 cm³/mol. The number of carbonyl (C=O) groups excluding carboxylic acids is 2. The highest BCUT2D eigenvalue weighted by atomic mass is 16.2. The average molecular weight is 336 g/mol. The van der Waals surface area contributed by atoms with Gasteiger partial charge in [-0.1, -0.05) is 29.8 Å². The molecule has 2 aromatic rings. The molecular weight excluding hydrogens is 312 g/mol. The zero-order valence-electron chi connectivity index (χ0n) is 15.4. The highest BCUT2D eigenvalue weighted by Gasteiger charge is 2.40. The molecule has 0 aromatic heterocycles. The first-order valence-corrected chi connectivity index (χ1v) is 8.56. The second-order valence-electron chi connectivity index (χ2n) is 7.03. The van der Waals surface area contributed by atoms with E-state index >= 15 is 0 Å². The Bertz CT molecular complexity index is 847. The van der Waals surface area contributed by atoms with Gasteiger partial charge in [-0.3, -0.25) is 9.59 Å². The first kappa shape index (κ1) is 17.2. The zero-order valence-corrected chi connectivity index (χ0v) is 15.4. The summed E-state index contributed by atoms with van der Waals surface area (Å²) >= 11 is 0. The number of carbonyl (C=O) groups is 2. The van der Waals surface area contributed by atoms with Crippen LogP contribution in [0.2, 0.25) is 0 Å². The van der Waals surface area contributed by atoms with E-state index in [1.165, 1.54) is 4.90 Å². The molecule has 1 N–H and O–H groups in total. The van der Waals surface area contributed by atoms with Crippen molar-refractivity contribution in [3.05, 3.63) is 58.1 Å². The molecule has 0 unspecified atom stereocenters. The number of hydrogen-bond acceptors (Lipinski definition) is 3. The van der Waals surface area contributed by atoms with Crippen LogP contribution in [0.5, 0.6) is 0 Å². The van der Waals surface area contributed by atoms with Crippen molar-refractivity contribution in [2.24, 2.45) is 0 Å². The number of rotatable bonds is 3. The number of amides is 2. The number of hydrogen-bond donors (Lipinski definition) is 1. The third-order valence-corrected chi connectivity index (χ3v) is 4.73. The Kier molecular flexibility index (Phi) is 4.38. The number of imide groups is 1. The lowest BCUT2D eigenvalue weighted by atomic mass is 10.0. The maximum atomic E-state index is 12.9. The fourth-order valence-electron chi connectivity index (χ4n) is 3.58. The topological polar surface area (TPSA) is 49.4 Å². The van der Waals surface area contributed by atoms with Gasteiger partial charge in [0.05, 0.1) is 12.1 Å². The van der Waals surface area contributed by atoms with E-state index in [1.807, 2.05) is 65.0 Å². The van der Waals surface area contributed by atoms with Crippen LogP contribution in [-0.2, 0) is 9.59 Å². The molecule has 4 nitrogen and oxygen atoms in total. The van der Waals surface area contributed by atoms with Crippen LogP contribution in [-0.4, -0.2) is 17.9 Å². The number of aryl methyl sites for hydroxylation is 5. The van der Waals surface area contributed by atoms with E-state index in [9.17, 15) is 9.59 Å². The van der Waals surface area contributed by atoms with E-state index in [0.717, 1.165) is 39.2 Å². The molecule has 1 aliphatic rings. The molecule has 1 atom stereocenters. The van der Waals surface area contributed by atoms with E-state index in [0.29, 0.717) is 0 Å². The largest absolute Gasteiger partial charge is 0.373 e. The van der Waals surface area contributed by atoms with Crippen LogP contribution in [0.15, 0.2) is 30.3 Å². The fourth-order valence-corrected chi connectivity index (χ4v) is 3.58. The first-order chi connectivity index (χ1) is 11.8. The van der Waals surface area contributed by atoms with Gasteiger partial charge in [-0.25, -0.2) is 4.90 Å². The van der Waals surface area contributed by atoms with E-state index in [2.05, 4.69) is 5.32 Å². The Morgan fingerprint density at radius 2 is 1.52 bits per heavy atom. The smallest absolute Gasteiger partial charge is 0.256 e. The molecule has 4 heteroatoms. The highest BCUT2D eigenvalue weighted by Crippen LogP contribution is 2.32. The molecular formula is C21H24N2O2. The van der Waals surface area contributed by atoms with Crippen LogP contribution in [0.3, 0.4) is 0 Å². The lowest BCUT2D eigenvalue weighted by molar-refractivity contribution is -0.121. The third kappa shape index (κ3) is 3.16. The van der Waals surface area contributed by atoms with E-state index in [4.69, 9.17) is 0 Å². The lowest BCUT2D eigenvalue weighted by Crippen LogP contribution is -2.35. The van der Waals surface area contributed by atoms with Crippen molar-refractivity contribution in [3.8, 4) is 0 Å². The summed E-state index contributed by atoms with van der Waals surface area (Å²) in [5, 5.41) is 3.27. The molecule has 0 saturated carbocycles. The van der Waals surface area contributed by atoms with Gasteiger partial charge in [-0.2, -0.15) is 0 Å². The second kappa shape index (κ2) is 6.36. The minimum atomic E-state index is -0.520. The molecule has 130 valence electrons. The first-order valence-electron chi connectivity index (χ1n) is 8.56. The SMILES string of the molecule is Cc1cc(C)c(N2C(=O)C[C@@H](Nc3cc(C)ccc3C)C2=O)c(C)c1. The van der Waals surface area contributed by atoms with Crippen molar-refractivity contribution >= 4 is 23.2 Å². The summed E-state index contributed by atoms with van der Waals surface area (Å²) in [5.41, 5.74) is 6.84. The van der Waals surface area contributed by atoms with Crippen LogP contribution in [0.1, 0.15) is 34.2 Å². The van der Waals surface area contributed by atoms with Crippen molar-refractivity contribution in [2.75, 3.05) is 10.2 Å². The van der Waals surface area contributed by atoms with Crippen molar-refractivity contribution in [1.29, 1.82) is 0 Å². The Hall–Kier alpha value is -2.62. The minimum absolute atomic E-state index is 0.150. The predicted octanol–water partition coefficient (Wildman–Crippen LogP) is 3.97. The lowest BCUT2D eigenvalue weighted by Gasteiger charge is -2.21. The fraction of sp³-hybridized carbons (Fsp3) is 0.333. The summed E-state index contributed by atoms with van der Waals surface area (Å²) in [6.45, 7) is 9.91. The van der Waals surface area contributed by atoms with E-state index in [1.54, 1.807) is 0 Å². The summed E-state index contributed by atoms with van der Waals surface area (Å²) in [5.74, 6) is -0.330. The maximum Gasteiger partial charge on any atom is 0.256 e. The van der Waals surface area contributed by atoms with Gasteiger partial charge < -0.3 is 5.32 Å². The maximum absolute atomic E-state index is 12.9. The summed E-state index contributed by atoms with van der Waals surface area (Å²) in [6, 6.07) is 9.56. The van der Waals surface area contributed by atoms with Crippen LogP contribution in [0, 0.1) is 34.6 Å². The molecule has 2 aromatic carbocycles. The molecule has 1 fully saturated rings. The molecule has 0 aliphatic carbocycles. The van der Waals surface area contributed by atoms with Crippen molar-refractivity contribution in [2.45, 2.75) is 47.1 Å². The quantitative estimate of drug-likeness (QED) is 0.863. The van der Waals surface area contributed by atoms with E-state index in [-0.39, 0.29) is 18.2 Å². The van der Waals surface area contributed by atoms with Crippen LogP contribution in [0.25, 0.3) is 0 Å². The molecule has 25 heavy (non-hydrogen) atoms. The molecule has 2 amide bonds. The number of nitrogens with one attached hydrogen (secondary N) is 1. The van der Waals surface area contributed by atoms with Gasteiger partial charge in [0.15, 0.2) is 0 Å². The van der Waals surface area contributed by atoms with E-state index < -0.39 is 6.04 Å². The summed E-state index contributed by atoms with van der Waals surface area (Å²) in [6.07, 6.45) is 0.180. The Balaban J connectivity index is 1.92. The Labute approximate surface area is 148 Å². The molecule has 1 heterocycles. The second-order valence-corrected chi connectivity index (χ2v) is 7.03. The zero-order chi connectivity index (χ0) is 18.3. The van der Waals surface area contributed by atoms with Gasteiger partial charge in [0, 0.05) is 5.69 Å². The molecule has 0 radical (unpaired) electrons. The number of anilines is 2. The Morgan fingerprint density at radius 3 is 2.16 bits per heavy atom. The third-order valence-electron chi connectivity index (χ3n) is 4.73. The summed E-state index contributed by atoms with van der Waals surface area (Å²) in [4.78, 5) is 26.9. The normalized spacial score (nSPS) is 17.3. The van der Waals surface area contributed by atoms with Crippen LogP contribution < -0.4 is 10.2 Å². The monoisotopic (exact) mass is 336 g/mol.